The lowest BCUT2D eigenvalue weighted by Gasteiger charge is -2.25. The van der Waals surface area contributed by atoms with Gasteiger partial charge in [-0.1, -0.05) is 30.3 Å². The van der Waals surface area contributed by atoms with Crippen molar-refractivity contribution in [2.45, 2.75) is 18.5 Å². The van der Waals surface area contributed by atoms with Crippen molar-refractivity contribution >= 4 is 0 Å². The van der Waals surface area contributed by atoms with Gasteiger partial charge in [-0.2, -0.15) is 13.2 Å². The highest BCUT2D eigenvalue weighted by molar-refractivity contribution is 5.70. The van der Waals surface area contributed by atoms with Crippen molar-refractivity contribution < 1.29 is 17.9 Å². The van der Waals surface area contributed by atoms with Crippen LogP contribution in [0.3, 0.4) is 0 Å². The highest BCUT2D eigenvalue weighted by Gasteiger charge is 2.33. The summed E-state index contributed by atoms with van der Waals surface area (Å²) in [4.78, 5) is 0. The molecule has 0 radical (unpaired) electrons. The normalized spacial score (nSPS) is 17.7. The molecule has 1 heterocycles. The molecule has 0 fully saturated rings. The lowest BCUT2D eigenvalue weighted by molar-refractivity contribution is -0.137. The van der Waals surface area contributed by atoms with Gasteiger partial charge >= 0.3 is 6.18 Å². The summed E-state index contributed by atoms with van der Waals surface area (Å²) in [6, 6.07) is 10.8. The average molecular weight is 307 g/mol. The number of halogens is 3. The van der Waals surface area contributed by atoms with Gasteiger partial charge in [0.2, 0.25) is 0 Å². The van der Waals surface area contributed by atoms with Crippen LogP contribution in [-0.2, 0) is 6.18 Å². The Labute approximate surface area is 126 Å². The summed E-state index contributed by atoms with van der Waals surface area (Å²) in [7, 11) is 0. The molecule has 2 nitrogen and oxygen atoms in total. The molecule has 0 saturated carbocycles. The molecule has 0 saturated heterocycles. The van der Waals surface area contributed by atoms with E-state index in [1.54, 1.807) is 18.2 Å². The highest BCUT2D eigenvalue weighted by atomic mass is 19.4. The highest BCUT2D eigenvalue weighted by Crippen LogP contribution is 2.40. The average Bonchev–Trinajstić information content (AvgIpc) is 2.53. The third-order valence-electron chi connectivity index (χ3n) is 4.01. The van der Waals surface area contributed by atoms with Crippen molar-refractivity contribution in [1.82, 2.24) is 0 Å². The molecule has 0 amide bonds. The summed E-state index contributed by atoms with van der Waals surface area (Å²) in [6.45, 7) is 1.05. The Morgan fingerprint density at radius 3 is 2.64 bits per heavy atom. The summed E-state index contributed by atoms with van der Waals surface area (Å²) >= 11 is 0. The van der Waals surface area contributed by atoms with Gasteiger partial charge < -0.3 is 10.5 Å². The van der Waals surface area contributed by atoms with E-state index in [1.807, 2.05) is 6.07 Å². The first-order valence-electron chi connectivity index (χ1n) is 7.14. The van der Waals surface area contributed by atoms with E-state index in [9.17, 15) is 13.2 Å². The van der Waals surface area contributed by atoms with E-state index in [0.717, 1.165) is 18.1 Å². The number of hydrogen-bond donors (Lipinski definition) is 1. The van der Waals surface area contributed by atoms with Crippen molar-refractivity contribution in [3.8, 4) is 16.9 Å². The quantitative estimate of drug-likeness (QED) is 0.902. The molecule has 2 aromatic carbocycles. The number of fused-ring (bicyclic) bond motifs is 1. The first-order chi connectivity index (χ1) is 10.5. The first-order valence-corrected chi connectivity index (χ1v) is 7.14. The molecule has 22 heavy (non-hydrogen) atoms. The molecule has 2 N–H and O–H groups in total. The van der Waals surface area contributed by atoms with Crippen LogP contribution >= 0.6 is 0 Å². The molecule has 0 aromatic heterocycles. The molecule has 0 unspecified atom stereocenters. The van der Waals surface area contributed by atoms with Gasteiger partial charge in [0, 0.05) is 5.92 Å². The van der Waals surface area contributed by atoms with Crippen LogP contribution in [0.5, 0.6) is 5.75 Å². The SMILES string of the molecule is NC[C@@H]1CCOc2cc(-c3ccccc3C(F)(F)F)ccc21. The predicted octanol–water partition coefficient (Wildman–Crippen LogP) is 4.20. The fourth-order valence-electron chi connectivity index (χ4n) is 2.86. The molecule has 0 aliphatic carbocycles. The van der Waals surface area contributed by atoms with Crippen molar-refractivity contribution in [3.63, 3.8) is 0 Å². The number of rotatable bonds is 2. The van der Waals surface area contributed by atoms with E-state index >= 15 is 0 Å². The number of alkyl halides is 3. The topological polar surface area (TPSA) is 35.2 Å². The van der Waals surface area contributed by atoms with E-state index < -0.39 is 11.7 Å². The zero-order chi connectivity index (χ0) is 15.7. The Morgan fingerprint density at radius 2 is 1.91 bits per heavy atom. The molecule has 0 bridgehead atoms. The summed E-state index contributed by atoms with van der Waals surface area (Å²) in [5.74, 6) is 0.840. The fraction of sp³-hybridized carbons (Fsp3) is 0.294. The molecular weight excluding hydrogens is 291 g/mol. The van der Waals surface area contributed by atoms with Crippen molar-refractivity contribution in [2.75, 3.05) is 13.2 Å². The monoisotopic (exact) mass is 307 g/mol. The fourth-order valence-corrected chi connectivity index (χ4v) is 2.86. The standard InChI is InChI=1S/C17H16F3NO/c18-17(19,20)15-4-2-1-3-13(15)11-5-6-14-12(10-21)7-8-22-16(14)9-11/h1-6,9,12H,7-8,10,21H2/t12-/m0/s1. The Hall–Kier alpha value is -2.01. The van der Waals surface area contributed by atoms with Crippen LogP contribution in [0.15, 0.2) is 42.5 Å². The van der Waals surface area contributed by atoms with Gasteiger partial charge in [0.1, 0.15) is 5.75 Å². The third-order valence-corrected chi connectivity index (χ3v) is 4.01. The Kier molecular flexibility index (Phi) is 3.83. The van der Waals surface area contributed by atoms with Crippen LogP contribution in [-0.4, -0.2) is 13.2 Å². The van der Waals surface area contributed by atoms with E-state index in [0.29, 0.717) is 24.5 Å². The van der Waals surface area contributed by atoms with Gasteiger partial charge in [-0.25, -0.2) is 0 Å². The van der Waals surface area contributed by atoms with Crippen molar-refractivity contribution in [3.05, 3.63) is 53.6 Å². The number of ether oxygens (including phenoxy) is 1. The van der Waals surface area contributed by atoms with Crippen molar-refractivity contribution in [1.29, 1.82) is 0 Å². The minimum absolute atomic E-state index is 0.163. The summed E-state index contributed by atoms with van der Waals surface area (Å²) in [5.41, 5.74) is 6.75. The van der Waals surface area contributed by atoms with Crippen LogP contribution < -0.4 is 10.5 Å². The second kappa shape index (κ2) is 5.65. The molecule has 0 spiro atoms. The molecule has 1 aliphatic heterocycles. The molecule has 5 heteroatoms. The Balaban J connectivity index is 2.08. The van der Waals surface area contributed by atoms with Gasteiger partial charge in [0.05, 0.1) is 12.2 Å². The lowest BCUT2D eigenvalue weighted by atomic mass is 9.90. The summed E-state index contributed by atoms with van der Waals surface area (Å²) in [6.07, 6.45) is -3.55. The Bertz CT molecular complexity index is 682. The number of benzene rings is 2. The molecule has 3 rings (SSSR count). The van der Waals surface area contributed by atoms with Gasteiger partial charge in [-0.05, 0) is 41.8 Å². The second-order valence-corrected chi connectivity index (χ2v) is 5.37. The van der Waals surface area contributed by atoms with Crippen LogP contribution in [0, 0.1) is 0 Å². The van der Waals surface area contributed by atoms with E-state index in [1.165, 1.54) is 12.1 Å². The van der Waals surface area contributed by atoms with Gasteiger partial charge in [-0.15, -0.1) is 0 Å². The van der Waals surface area contributed by atoms with Crippen LogP contribution in [0.25, 0.3) is 11.1 Å². The minimum atomic E-state index is -4.38. The number of hydrogen-bond acceptors (Lipinski definition) is 2. The van der Waals surface area contributed by atoms with Crippen LogP contribution in [0.1, 0.15) is 23.5 Å². The summed E-state index contributed by atoms with van der Waals surface area (Å²) < 4.78 is 45.0. The lowest BCUT2D eigenvalue weighted by Crippen LogP contribution is -2.20. The molecular formula is C17H16F3NO. The predicted molar refractivity (Wildman–Crippen MR) is 78.8 cm³/mol. The largest absolute Gasteiger partial charge is 0.493 e. The minimum Gasteiger partial charge on any atom is -0.493 e. The summed E-state index contributed by atoms with van der Waals surface area (Å²) in [5, 5.41) is 0. The van der Waals surface area contributed by atoms with E-state index in [2.05, 4.69) is 0 Å². The maximum Gasteiger partial charge on any atom is 0.417 e. The zero-order valence-electron chi connectivity index (χ0n) is 11.9. The maximum atomic E-state index is 13.1. The maximum absolute atomic E-state index is 13.1. The van der Waals surface area contributed by atoms with Gasteiger partial charge in [0.25, 0.3) is 0 Å². The first kappa shape index (κ1) is 14.9. The van der Waals surface area contributed by atoms with Crippen LogP contribution in [0.4, 0.5) is 13.2 Å². The molecule has 1 aliphatic rings. The van der Waals surface area contributed by atoms with Gasteiger partial charge in [0.15, 0.2) is 0 Å². The molecule has 116 valence electrons. The second-order valence-electron chi connectivity index (χ2n) is 5.37. The molecule has 2 aromatic rings. The zero-order valence-corrected chi connectivity index (χ0v) is 11.9. The smallest absolute Gasteiger partial charge is 0.417 e. The third kappa shape index (κ3) is 2.68. The Morgan fingerprint density at radius 1 is 1.14 bits per heavy atom. The van der Waals surface area contributed by atoms with Crippen molar-refractivity contribution in [2.24, 2.45) is 5.73 Å². The van der Waals surface area contributed by atoms with Crippen LogP contribution in [0.2, 0.25) is 0 Å². The van der Waals surface area contributed by atoms with Gasteiger partial charge in [-0.3, -0.25) is 0 Å². The van der Waals surface area contributed by atoms with E-state index in [4.69, 9.17) is 10.5 Å². The number of nitrogens with two attached hydrogens (primary N) is 1. The van der Waals surface area contributed by atoms with E-state index in [-0.39, 0.29) is 11.5 Å². The molecule has 1 atom stereocenters.